The van der Waals surface area contributed by atoms with Crippen molar-refractivity contribution in [3.05, 3.63) is 71.5 Å². The lowest BCUT2D eigenvalue weighted by molar-refractivity contribution is -0.142. The Balaban J connectivity index is 1.75. The lowest BCUT2D eigenvalue weighted by atomic mass is 10.1. The van der Waals surface area contributed by atoms with Crippen LogP contribution in [0.3, 0.4) is 0 Å². The van der Waals surface area contributed by atoms with Crippen molar-refractivity contribution in [3.63, 3.8) is 0 Å². The van der Waals surface area contributed by atoms with Gasteiger partial charge < -0.3 is 14.8 Å². The summed E-state index contributed by atoms with van der Waals surface area (Å²) in [5.74, 6) is 0.122. The van der Waals surface area contributed by atoms with Crippen molar-refractivity contribution in [1.82, 2.24) is 14.6 Å². The SMILES string of the molecule is COc1ccc(NC(=O)c2cc3nc(-c4ccc(C)cc4)cc(C(F)(F)F)n3n2)c(OC)c1. The van der Waals surface area contributed by atoms with Gasteiger partial charge in [-0.05, 0) is 25.1 Å². The van der Waals surface area contributed by atoms with E-state index in [9.17, 15) is 18.0 Å². The molecule has 0 radical (unpaired) electrons. The average Bonchev–Trinajstić information content (AvgIpc) is 3.22. The molecule has 0 aliphatic carbocycles. The molecule has 2 aromatic heterocycles. The molecule has 0 spiro atoms. The monoisotopic (exact) mass is 456 g/mol. The molecule has 0 aliphatic heterocycles. The van der Waals surface area contributed by atoms with Crippen LogP contribution < -0.4 is 14.8 Å². The Morgan fingerprint density at radius 2 is 1.73 bits per heavy atom. The van der Waals surface area contributed by atoms with E-state index in [2.05, 4.69) is 15.4 Å². The van der Waals surface area contributed by atoms with Gasteiger partial charge in [-0.1, -0.05) is 29.8 Å². The first-order valence-corrected chi connectivity index (χ1v) is 9.78. The number of anilines is 1. The second-order valence-corrected chi connectivity index (χ2v) is 7.21. The van der Waals surface area contributed by atoms with E-state index in [0.29, 0.717) is 27.3 Å². The minimum Gasteiger partial charge on any atom is -0.497 e. The first-order valence-electron chi connectivity index (χ1n) is 9.78. The second-order valence-electron chi connectivity index (χ2n) is 7.21. The van der Waals surface area contributed by atoms with Crippen LogP contribution in [0.4, 0.5) is 18.9 Å². The number of rotatable bonds is 5. The van der Waals surface area contributed by atoms with Crippen LogP contribution in [-0.2, 0) is 6.18 Å². The number of carbonyl (C=O) groups is 1. The maximum Gasteiger partial charge on any atom is 0.433 e. The third-order valence-corrected chi connectivity index (χ3v) is 4.95. The Morgan fingerprint density at radius 3 is 2.36 bits per heavy atom. The van der Waals surface area contributed by atoms with Crippen molar-refractivity contribution in [2.24, 2.45) is 0 Å². The molecule has 0 atom stereocenters. The maximum atomic E-state index is 13.8. The molecule has 0 aliphatic rings. The number of aryl methyl sites for hydroxylation is 1. The maximum absolute atomic E-state index is 13.8. The van der Waals surface area contributed by atoms with E-state index in [4.69, 9.17) is 9.47 Å². The number of amides is 1. The van der Waals surface area contributed by atoms with Crippen LogP contribution in [0.15, 0.2) is 54.6 Å². The second kappa shape index (κ2) is 8.45. The van der Waals surface area contributed by atoms with Gasteiger partial charge in [-0.2, -0.15) is 18.3 Å². The van der Waals surface area contributed by atoms with Crippen molar-refractivity contribution in [2.75, 3.05) is 19.5 Å². The molecule has 1 amide bonds. The normalized spacial score (nSPS) is 11.5. The fourth-order valence-electron chi connectivity index (χ4n) is 3.25. The van der Waals surface area contributed by atoms with E-state index in [-0.39, 0.29) is 17.0 Å². The van der Waals surface area contributed by atoms with Crippen molar-refractivity contribution in [3.8, 4) is 22.8 Å². The molecule has 4 aromatic rings. The van der Waals surface area contributed by atoms with Gasteiger partial charge >= 0.3 is 6.18 Å². The summed E-state index contributed by atoms with van der Waals surface area (Å²) in [6.07, 6.45) is -4.71. The van der Waals surface area contributed by atoms with E-state index >= 15 is 0 Å². The molecule has 0 fully saturated rings. The molecule has 2 aromatic carbocycles. The number of ether oxygens (including phenoxy) is 2. The zero-order valence-electron chi connectivity index (χ0n) is 17.9. The van der Waals surface area contributed by atoms with E-state index in [1.807, 2.05) is 6.92 Å². The number of alkyl halides is 3. The Morgan fingerprint density at radius 1 is 1.00 bits per heavy atom. The van der Waals surface area contributed by atoms with Crippen molar-refractivity contribution in [2.45, 2.75) is 13.1 Å². The van der Waals surface area contributed by atoms with Crippen LogP contribution in [0.1, 0.15) is 21.7 Å². The summed E-state index contributed by atoms with van der Waals surface area (Å²) in [6, 6.07) is 13.8. The highest BCUT2D eigenvalue weighted by molar-refractivity contribution is 6.04. The topological polar surface area (TPSA) is 77.8 Å². The fourth-order valence-corrected chi connectivity index (χ4v) is 3.25. The number of hydrogen-bond donors (Lipinski definition) is 1. The standard InChI is InChI=1S/C23H19F3N4O3/c1-13-4-6-14(7-5-13)17-11-20(23(24,25)26)30-21(27-17)12-18(29-30)22(31)28-16-9-8-15(32-2)10-19(16)33-3/h4-12H,1-3H3,(H,28,31). The fraction of sp³-hybridized carbons (Fsp3) is 0.174. The summed E-state index contributed by atoms with van der Waals surface area (Å²) >= 11 is 0. The zero-order valence-corrected chi connectivity index (χ0v) is 17.9. The predicted octanol–water partition coefficient (Wildman–Crippen LogP) is 4.99. The molecule has 0 saturated heterocycles. The minimum atomic E-state index is -4.71. The highest BCUT2D eigenvalue weighted by Gasteiger charge is 2.35. The van der Waals surface area contributed by atoms with Crippen LogP contribution in [-0.4, -0.2) is 34.7 Å². The number of halogens is 3. The van der Waals surface area contributed by atoms with Gasteiger partial charge in [0, 0.05) is 17.7 Å². The lowest BCUT2D eigenvalue weighted by Crippen LogP contribution is -2.16. The molecule has 4 rings (SSSR count). The molecule has 0 saturated carbocycles. The Hall–Kier alpha value is -4.08. The number of nitrogens with zero attached hydrogens (tertiary/aromatic N) is 3. The highest BCUT2D eigenvalue weighted by atomic mass is 19.4. The van der Waals surface area contributed by atoms with Gasteiger partial charge in [-0.25, -0.2) is 9.50 Å². The third-order valence-electron chi connectivity index (χ3n) is 4.95. The smallest absolute Gasteiger partial charge is 0.433 e. The largest absolute Gasteiger partial charge is 0.497 e. The molecule has 33 heavy (non-hydrogen) atoms. The number of carbonyl (C=O) groups excluding carboxylic acids is 1. The Labute approximate surface area is 186 Å². The number of fused-ring (bicyclic) bond motifs is 1. The number of hydrogen-bond acceptors (Lipinski definition) is 5. The molecule has 1 N–H and O–H groups in total. The van der Waals surface area contributed by atoms with E-state index < -0.39 is 17.8 Å². The van der Waals surface area contributed by atoms with Crippen LogP contribution in [0, 0.1) is 6.92 Å². The summed E-state index contributed by atoms with van der Waals surface area (Å²) in [5, 5.41) is 6.47. The molecule has 0 unspecified atom stereocenters. The molecular weight excluding hydrogens is 437 g/mol. The zero-order chi connectivity index (χ0) is 23.8. The highest BCUT2D eigenvalue weighted by Crippen LogP contribution is 2.33. The van der Waals surface area contributed by atoms with E-state index in [0.717, 1.165) is 11.6 Å². The number of methoxy groups -OCH3 is 2. The number of benzene rings is 2. The van der Waals surface area contributed by atoms with Crippen LogP contribution in [0.25, 0.3) is 16.9 Å². The summed E-state index contributed by atoms with van der Waals surface area (Å²) in [7, 11) is 2.90. The Bertz CT molecular complexity index is 1330. The summed E-state index contributed by atoms with van der Waals surface area (Å²) in [4.78, 5) is 17.1. The van der Waals surface area contributed by atoms with Crippen LogP contribution >= 0.6 is 0 Å². The molecule has 2 heterocycles. The molecule has 0 bridgehead atoms. The van der Waals surface area contributed by atoms with Gasteiger partial charge in [0.05, 0.1) is 25.6 Å². The molecule has 170 valence electrons. The predicted molar refractivity (Wildman–Crippen MR) is 116 cm³/mol. The minimum absolute atomic E-state index is 0.104. The van der Waals surface area contributed by atoms with Gasteiger partial charge in [-0.15, -0.1) is 0 Å². The summed E-state index contributed by atoms with van der Waals surface area (Å²) in [6.45, 7) is 1.88. The quantitative estimate of drug-likeness (QED) is 0.458. The van der Waals surface area contributed by atoms with E-state index in [1.54, 1.807) is 42.5 Å². The number of nitrogens with one attached hydrogen (secondary N) is 1. The Kier molecular flexibility index (Phi) is 5.67. The summed E-state index contributed by atoms with van der Waals surface area (Å²) < 4.78 is 52.3. The van der Waals surface area contributed by atoms with Gasteiger partial charge in [0.1, 0.15) is 11.5 Å². The molecule has 10 heteroatoms. The van der Waals surface area contributed by atoms with Gasteiger partial charge in [0.15, 0.2) is 17.0 Å². The third kappa shape index (κ3) is 4.45. The van der Waals surface area contributed by atoms with Gasteiger partial charge in [-0.3, -0.25) is 4.79 Å². The van der Waals surface area contributed by atoms with Crippen LogP contribution in [0.2, 0.25) is 0 Å². The first-order chi connectivity index (χ1) is 15.7. The lowest BCUT2D eigenvalue weighted by Gasteiger charge is -2.11. The van der Waals surface area contributed by atoms with Crippen molar-refractivity contribution in [1.29, 1.82) is 0 Å². The first kappa shape index (κ1) is 22.1. The van der Waals surface area contributed by atoms with Gasteiger partial charge in [0.25, 0.3) is 5.91 Å². The molecule has 7 nitrogen and oxygen atoms in total. The molecular formula is C23H19F3N4O3. The van der Waals surface area contributed by atoms with Crippen molar-refractivity contribution >= 4 is 17.2 Å². The summed E-state index contributed by atoms with van der Waals surface area (Å²) in [5.41, 5.74) is 0.545. The van der Waals surface area contributed by atoms with Crippen LogP contribution in [0.5, 0.6) is 11.5 Å². The number of aromatic nitrogens is 3. The van der Waals surface area contributed by atoms with Crippen molar-refractivity contribution < 1.29 is 27.4 Å². The van der Waals surface area contributed by atoms with Gasteiger partial charge in [0.2, 0.25) is 0 Å². The average molecular weight is 456 g/mol. The van der Waals surface area contributed by atoms with E-state index in [1.165, 1.54) is 20.3 Å².